The highest BCUT2D eigenvalue weighted by molar-refractivity contribution is 5.93. The Balaban J connectivity index is 0.000000461. The van der Waals surface area contributed by atoms with Gasteiger partial charge < -0.3 is 0 Å². The molecule has 0 spiro atoms. The molecule has 0 aliphatic carbocycles. The zero-order valence-electron chi connectivity index (χ0n) is 18.7. The van der Waals surface area contributed by atoms with Crippen LogP contribution in [0.15, 0.2) is 66.4 Å². The summed E-state index contributed by atoms with van der Waals surface area (Å²) in [5, 5.41) is 1.15. The van der Waals surface area contributed by atoms with Crippen LogP contribution in [0.25, 0.3) is 10.9 Å². The van der Waals surface area contributed by atoms with Crippen molar-refractivity contribution < 1.29 is 4.79 Å². The predicted molar refractivity (Wildman–Crippen MR) is 121 cm³/mol. The number of carbonyl (C=O) groups excluding carboxylic acids is 1. The van der Waals surface area contributed by atoms with Gasteiger partial charge in [-0.15, -0.1) is 0 Å². The summed E-state index contributed by atoms with van der Waals surface area (Å²) >= 11 is 0. The zero-order valence-corrected chi connectivity index (χ0v) is 18.7. The summed E-state index contributed by atoms with van der Waals surface area (Å²) in [4.78, 5) is 11.2. The fourth-order valence-corrected chi connectivity index (χ4v) is 2.63. The van der Waals surface area contributed by atoms with Crippen LogP contribution in [0.3, 0.4) is 0 Å². The summed E-state index contributed by atoms with van der Waals surface area (Å²) in [6, 6.07) is 7.93. The van der Waals surface area contributed by atoms with E-state index in [1.807, 2.05) is 64.2 Å². The molecule has 1 aromatic heterocycles. The van der Waals surface area contributed by atoms with Gasteiger partial charge in [0, 0.05) is 23.9 Å². The third-order valence-corrected chi connectivity index (χ3v) is 4.84. The van der Waals surface area contributed by atoms with Crippen LogP contribution in [0.2, 0.25) is 0 Å². The van der Waals surface area contributed by atoms with E-state index in [-0.39, 0.29) is 11.3 Å². The van der Waals surface area contributed by atoms with Crippen molar-refractivity contribution >= 4 is 16.8 Å². The lowest BCUT2D eigenvalue weighted by molar-refractivity contribution is 0.0941. The number of fused-ring (bicyclic) bond motifs is 1. The van der Waals surface area contributed by atoms with E-state index in [0.29, 0.717) is 0 Å². The van der Waals surface area contributed by atoms with Gasteiger partial charge in [-0.25, -0.2) is 0 Å². The lowest BCUT2D eigenvalue weighted by Crippen LogP contribution is -2.14. The molecular weight excluding hydrogens is 330 g/mol. The predicted octanol–water partition coefficient (Wildman–Crippen LogP) is 7.75. The molecule has 27 heavy (non-hydrogen) atoms. The Morgan fingerprint density at radius 1 is 1.11 bits per heavy atom. The van der Waals surface area contributed by atoms with E-state index in [1.165, 1.54) is 11.1 Å². The van der Waals surface area contributed by atoms with E-state index in [1.54, 1.807) is 11.5 Å². The first-order valence-corrected chi connectivity index (χ1v) is 9.69. The van der Waals surface area contributed by atoms with Crippen molar-refractivity contribution in [2.45, 2.75) is 62.3 Å². The fraction of sp³-hybridized carbons (Fsp3) is 0.400. The van der Waals surface area contributed by atoms with Crippen LogP contribution in [0.1, 0.15) is 65.7 Å². The van der Waals surface area contributed by atoms with Crippen molar-refractivity contribution in [3.8, 4) is 0 Å². The maximum Gasteiger partial charge on any atom is 0.227 e. The highest BCUT2D eigenvalue weighted by atomic mass is 16.1. The molecule has 0 N–H and O–H groups in total. The average Bonchev–Trinajstić information content (AvgIpc) is 3.01. The molecule has 0 aliphatic heterocycles. The first-order valence-electron chi connectivity index (χ1n) is 9.69. The second-order valence-corrected chi connectivity index (χ2v) is 6.84. The Bertz CT molecular complexity index is 816. The van der Waals surface area contributed by atoms with Gasteiger partial charge >= 0.3 is 0 Å². The maximum atomic E-state index is 11.2. The molecule has 2 nitrogen and oxygen atoms in total. The van der Waals surface area contributed by atoms with Crippen LogP contribution in [0.5, 0.6) is 0 Å². The molecule has 0 saturated carbocycles. The van der Waals surface area contributed by atoms with Crippen molar-refractivity contribution in [3.63, 3.8) is 0 Å². The number of rotatable bonds is 3. The molecule has 0 atom stereocenters. The van der Waals surface area contributed by atoms with Crippen molar-refractivity contribution in [3.05, 3.63) is 72.0 Å². The summed E-state index contributed by atoms with van der Waals surface area (Å²) in [6.45, 7) is 22.3. The summed E-state index contributed by atoms with van der Waals surface area (Å²) in [7, 11) is 0. The Labute approximate surface area is 166 Å². The van der Waals surface area contributed by atoms with Crippen molar-refractivity contribution in [1.82, 2.24) is 4.57 Å². The molecular formula is C25H37NO. The largest absolute Gasteiger partial charge is 0.287 e. The molecule has 0 bridgehead atoms. The Kier molecular flexibility index (Phi) is 10.4. The number of para-hydroxylation sites is 1. The number of nitrogens with zero attached hydrogens (tertiary/aromatic N) is 1. The molecule has 2 aromatic rings. The number of aryl methyl sites for hydroxylation is 1. The van der Waals surface area contributed by atoms with Gasteiger partial charge in [-0.1, -0.05) is 76.3 Å². The normalized spacial score (nSPS) is 11.5. The van der Waals surface area contributed by atoms with Gasteiger partial charge in [0.05, 0.1) is 5.52 Å². The average molecular weight is 368 g/mol. The van der Waals surface area contributed by atoms with Crippen molar-refractivity contribution in [2.24, 2.45) is 5.41 Å². The molecule has 0 saturated heterocycles. The minimum Gasteiger partial charge on any atom is -0.287 e. The smallest absolute Gasteiger partial charge is 0.227 e. The third kappa shape index (κ3) is 6.39. The number of aromatic nitrogens is 1. The quantitative estimate of drug-likeness (QED) is 0.401. The van der Waals surface area contributed by atoms with Gasteiger partial charge in [-0.3, -0.25) is 9.36 Å². The maximum absolute atomic E-state index is 11.2. The van der Waals surface area contributed by atoms with Crippen LogP contribution in [0, 0.1) is 12.3 Å². The molecule has 0 radical (unpaired) electrons. The van der Waals surface area contributed by atoms with Gasteiger partial charge in [0.1, 0.15) is 0 Å². The second-order valence-electron chi connectivity index (χ2n) is 6.84. The van der Waals surface area contributed by atoms with Crippen LogP contribution in [0.4, 0.5) is 0 Å². The number of hydrogen-bond acceptors (Lipinski definition) is 1. The zero-order chi connectivity index (χ0) is 21.2. The Hall–Kier alpha value is -2.35. The number of carbonyl (C=O) groups is 1. The summed E-state index contributed by atoms with van der Waals surface area (Å²) in [5.74, 6) is 0.0595. The SMILES string of the molecule is C=C(/C=C\C)C(C)(C)/C(C)=C/C.CC.CC(=O)n1cc(C)c2ccccc21. The fourth-order valence-electron chi connectivity index (χ4n) is 2.63. The standard InChI is InChI=1S/C12H20.C11H11NO.C2H6/c1-7-9-11(4)12(5,6)10(3)8-2;1-8-7-12(9(2)13)11-6-4-3-5-10(8)11;1-2/h7-9H,4H2,1-3,5-6H3;3-7H,1-2H3;1-2H3/b9-7-,10-8+;;. The Morgan fingerprint density at radius 3 is 2.15 bits per heavy atom. The minimum absolute atomic E-state index is 0.0595. The van der Waals surface area contributed by atoms with Crippen LogP contribution in [-0.2, 0) is 0 Å². The summed E-state index contributed by atoms with van der Waals surface area (Å²) in [5.41, 5.74) is 4.77. The first-order chi connectivity index (χ1) is 12.7. The molecule has 0 aliphatic rings. The first kappa shape index (κ1) is 24.7. The molecule has 2 heteroatoms. The molecule has 0 fully saturated rings. The lowest BCUT2D eigenvalue weighted by Gasteiger charge is -2.26. The summed E-state index contributed by atoms with van der Waals surface area (Å²) < 4.78 is 1.69. The van der Waals surface area contributed by atoms with E-state index in [4.69, 9.17) is 0 Å². The highest BCUT2D eigenvalue weighted by Gasteiger charge is 2.20. The van der Waals surface area contributed by atoms with E-state index in [9.17, 15) is 4.79 Å². The molecule has 2 rings (SSSR count). The van der Waals surface area contributed by atoms with Gasteiger partial charge in [0.25, 0.3) is 0 Å². The van der Waals surface area contributed by atoms with Crippen LogP contribution < -0.4 is 0 Å². The van der Waals surface area contributed by atoms with E-state index >= 15 is 0 Å². The van der Waals surface area contributed by atoms with Crippen molar-refractivity contribution in [1.29, 1.82) is 0 Å². The molecule has 148 valence electrons. The molecule has 1 aromatic carbocycles. The number of benzene rings is 1. The van der Waals surface area contributed by atoms with Gasteiger partial charge in [-0.05, 0) is 44.9 Å². The van der Waals surface area contributed by atoms with Gasteiger partial charge in [0.15, 0.2) is 0 Å². The molecule has 0 unspecified atom stereocenters. The number of hydrogen-bond donors (Lipinski definition) is 0. The second kappa shape index (κ2) is 11.4. The highest BCUT2D eigenvalue weighted by Crippen LogP contribution is 2.33. The van der Waals surface area contributed by atoms with Crippen molar-refractivity contribution in [2.75, 3.05) is 0 Å². The minimum atomic E-state index is 0.0595. The van der Waals surface area contributed by atoms with E-state index in [0.717, 1.165) is 16.5 Å². The topological polar surface area (TPSA) is 22.0 Å². The monoisotopic (exact) mass is 367 g/mol. The van der Waals surface area contributed by atoms with Gasteiger partial charge in [0.2, 0.25) is 5.91 Å². The third-order valence-electron chi connectivity index (χ3n) is 4.84. The summed E-state index contributed by atoms with van der Waals surface area (Å²) in [6.07, 6.45) is 8.14. The molecule has 0 amide bonds. The number of allylic oxidation sites excluding steroid dienone is 5. The Morgan fingerprint density at radius 2 is 1.67 bits per heavy atom. The molecule has 1 heterocycles. The van der Waals surface area contributed by atoms with E-state index < -0.39 is 0 Å². The lowest BCUT2D eigenvalue weighted by atomic mass is 9.78. The van der Waals surface area contributed by atoms with Crippen LogP contribution in [-0.4, -0.2) is 10.5 Å². The van der Waals surface area contributed by atoms with Crippen LogP contribution >= 0.6 is 0 Å². The van der Waals surface area contributed by atoms with Gasteiger partial charge in [-0.2, -0.15) is 0 Å². The van der Waals surface area contributed by atoms with E-state index in [2.05, 4.69) is 46.4 Å².